The molecule has 7 nitrogen and oxygen atoms in total. The van der Waals surface area contributed by atoms with Crippen LogP contribution in [-0.2, 0) is 14.8 Å². The Bertz CT molecular complexity index is 687. The second kappa shape index (κ2) is 6.84. The minimum Gasteiger partial charge on any atom is -0.360 e. The number of hydrogen-bond acceptors (Lipinski definition) is 5. The molecule has 1 aliphatic carbocycles. The van der Waals surface area contributed by atoms with Gasteiger partial charge in [-0.3, -0.25) is 4.79 Å². The van der Waals surface area contributed by atoms with Gasteiger partial charge in [-0.25, -0.2) is 8.42 Å². The predicted molar refractivity (Wildman–Crippen MR) is 87.9 cm³/mol. The lowest BCUT2D eigenvalue weighted by molar-refractivity contribution is -0.125. The van der Waals surface area contributed by atoms with Crippen molar-refractivity contribution in [3.8, 4) is 0 Å². The highest BCUT2D eigenvalue weighted by Gasteiger charge is 2.42. The lowest BCUT2D eigenvalue weighted by Gasteiger charge is -2.27. The van der Waals surface area contributed by atoms with E-state index in [9.17, 15) is 13.2 Å². The highest BCUT2D eigenvalue weighted by atomic mass is 32.2. The Balaban J connectivity index is 1.78. The van der Waals surface area contributed by atoms with Crippen LogP contribution in [0.3, 0.4) is 0 Å². The zero-order chi connectivity index (χ0) is 17.3. The second-order valence-corrected chi connectivity index (χ2v) is 8.60. The molecule has 1 atom stereocenters. The monoisotopic (exact) mass is 355 g/mol. The molecule has 8 heteroatoms. The van der Waals surface area contributed by atoms with E-state index in [-0.39, 0.29) is 22.6 Å². The van der Waals surface area contributed by atoms with E-state index in [0.717, 1.165) is 25.7 Å². The zero-order valence-electron chi connectivity index (χ0n) is 14.2. The van der Waals surface area contributed by atoms with Crippen molar-refractivity contribution in [2.24, 2.45) is 0 Å². The van der Waals surface area contributed by atoms with Gasteiger partial charge in [0.25, 0.3) is 0 Å². The molecule has 0 unspecified atom stereocenters. The fraction of sp³-hybridized carbons (Fsp3) is 0.750. The van der Waals surface area contributed by atoms with Crippen LogP contribution in [0.15, 0.2) is 9.42 Å². The Kier molecular flexibility index (Phi) is 4.96. The Morgan fingerprint density at radius 1 is 1.17 bits per heavy atom. The van der Waals surface area contributed by atoms with Crippen molar-refractivity contribution in [2.75, 3.05) is 6.54 Å². The Morgan fingerprint density at radius 3 is 2.50 bits per heavy atom. The number of nitrogens with zero attached hydrogens (tertiary/aromatic N) is 2. The van der Waals surface area contributed by atoms with Gasteiger partial charge in [-0.1, -0.05) is 24.4 Å². The molecular weight excluding hydrogens is 330 g/mol. The third-order valence-electron chi connectivity index (χ3n) is 4.99. The third kappa shape index (κ3) is 3.21. The molecule has 2 fully saturated rings. The summed E-state index contributed by atoms with van der Waals surface area (Å²) in [5.74, 6) is 0.0978. The van der Waals surface area contributed by atoms with Gasteiger partial charge in [-0.05, 0) is 39.5 Å². The molecule has 2 aliphatic rings. The summed E-state index contributed by atoms with van der Waals surface area (Å²) in [5.41, 5.74) is 0.339. The number of carbonyl (C=O) groups is 1. The molecule has 0 radical (unpaired) electrons. The molecular formula is C16H25N3O4S. The smallest absolute Gasteiger partial charge is 0.249 e. The molecule has 0 bridgehead atoms. The molecule has 1 aromatic rings. The van der Waals surface area contributed by atoms with Crippen LogP contribution in [0.4, 0.5) is 0 Å². The van der Waals surface area contributed by atoms with Gasteiger partial charge in [0.1, 0.15) is 16.6 Å². The number of carbonyl (C=O) groups excluding carboxylic acids is 1. The number of aryl methyl sites for hydroxylation is 2. The number of amides is 1. The Labute approximate surface area is 142 Å². The van der Waals surface area contributed by atoms with Crippen LogP contribution in [-0.4, -0.2) is 42.4 Å². The van der Waals surface area contributed by atoms with Gasteiger partial charge in [0.05, 0.1) is 0 Å². The lowest BCUT2D eigenvalue weighted by Crippen LogP contribution is -2.49. The van der Waals surface area contributed by atoms with Crippen molar-refractivity contribution >= 4 is 15.9 Å². The molecule has 1 saturated heterocycles. The van der Waals surface area contributed by atoms with Gasteiger partial charge in [-0.2, -0.15) is 4.31 Å². The van der Waals surface area contributed by atoms with Crippen LogP contribution in [0.2, 0.25) is 0 Å². The van der Waals surface area contributed by atoms with Crippen molar-refractivity contribution in [3.63, 3.8) is 0 Å². The molecule has 3 rings (SSSR count). The highest BCUT2D eigenvalue weighted by molar-refractivity contribution is 7.89. The summed E-state index contributed by atoms with van der Waals surface area (Å²) in [6.45, 7) is 3.55. The molecule has 134 valence electrons. The summed E-state index contributed by atoms with van der Waals surface area (Å²) in [7, 11) is -3.78. The van der Waals surface area contributed by atoms with E-state index >= 15 is 0 Å². The Morgan fingerprint density at radius 2 is 1.88 bits per heavy atom. The van der Waals surface area contributed by atoms with Gasteiger partial charge in [0.15, 0.2) is 5.76 Å². The SMILES string of the molecule is Cc1noc(C)c1S(=O)(=O)N1CCC[C@@H]1C(=O)NC1CCCCC1. The molecule has 1 amide bonds. The summed E-state index contributed by atoms with van der Waals surface area (Å²) in [6, 6.07) is -0.457. The van der Waals surface area contributed by atoms with E-state index in [1.165, 1.54) is 10.7 Å². The minimum atomic E-state index is -3.78. The first-order valence-corrected chi connectivity index (χ1v) is 10.1. The lowest BCUT2D eigenvalue weighted by atomic mass is 9.95. The molecule has 1 N–H and O–H groups in total. The van der Waals surface area contributed by atoms with Crippen molar-refractivity contribution in [2.45, 2.75) is 75.8 Å². The third-order valence-corrected chi connectivity index (χ3v) is 7.15. The zero-order valence-corrected chi connectivity index (χ0v) is 15.1. The maximum atomic E-state index is 13.0. The van der Waals surface area contributed by atoms with Gasteiger partial charge in [-0.15, -0.1) is 0 Å². The van der Waals surface area contributed by atoms with E-state index in [2.05, 4.69) is 10.5 Å². The summed E-state index contributed by atoms with van der Waals surface area (Å²) in [5, 5.41) is 6.79. The van der Waals surface area contributed by atoms with E-state index in [4.69, 9.17) is 4.52 Å². The number of nitrogens with one attached hydrogen (secondary N) is 1. The van der Waals surface area contributed by atoms with E-state index in [0.29, 0.717) is 25.1 Å². The molecule has 0 spiro atoms. The van der Waals surface area contributed by atoms with Crippen molar-refractivity contribution in [1.82, 2.24) is 14.8 Å². The quantitative estimate of drug-likeness (QED) is 0.890. The fourth-order valence-corrected chi connectivity index (χ4v) is 5.75. The molecule has 0 aromatic carbocycles. The minimum absolute atomic E-state index is 0.0971. The molecule has 24 heavy (non-hydrogen) atoms. The van der Waals surface area contributed by atoms with Crippen LogP contribution >= 0.6 is 0 Å². The molecule has 1 aromatic heterocycles. The van der Waals surface area contributed by atoms with Crippen molar-refractivity contribution < 1.29 is 17.7 Å². The first-order chi connectivity index (χ1) is 11.4. The summed E-state index contributed by atoms with van der Waals surface area (Å²) in [4.78, 5) is 12.8. The second-order valence-electron chi connectivity index (χ2n) is 6.77. The van der Waals surface area contributed by atoms with Crippen molar-refractivity contribution in [1.29, 1.82) is 0 Å². The standard InChI is InChI=1S/C16H25N3O4S/c1-11-15(12(2)23-18-11)24(21,22)19-10-6-9-14(19)16(20)17-13-7-4-3-5-8-13/h13-14H,3-10H2,1-2H3,(H,17,20)/t14-/m1/s1. The Hall–Kier alpha value is -1.41. The molecule has 2 heterocycles. The average Bonchev–Trinajstić information content (AvgIpc) is 3.16. The topological polar surface area (TPSA) is 92.5 Å². The van der Waals surface area contributed by atoms with E-state index in [1.54, 1.807) is 13.8 Å². The summed E-state index contributed by atoms with van der Waals surface area (Å²) >= 11 is 0. The van der Waals surface area contributed by atoms with Crippen LogP contribution in [0, 0.1) is 13.8 Å². The summed E-state index contributed by atoms with van der Waals surface area (Å²) in [6.07, 6.45) is 6.66. The van der Waals surface area contributed by atoms with E-state index in [1.807, 2.05) is 0 Å². The predicted octanol–water partition coefficient (Wildman–Crippen LogP) is 1.89. The van der Waals surface area contributed by atoms with Crippen molar-refractivity contribution in [3.05, 3.63) is 11.5 Å². The summed E-state index contributed by atoms with van der Waals surface area (Å²) < 4.78 is 32.3. The number of aromatic nitrogens is 1. The van der Waals surface area contributed by atoms with Gasteiger partial charge in [0, 0.05) is 12.6 Å². The maximum absolute atomic E-state index is 13.0. The van der Waals surface area contributed by atoms with Crippen LogP contribution in [0.1, 0.15) is 56.4 Å². The van der Waals surface area contributed by atoms with Gasteiger partial charge >= 0.3 is 0 Å². The van der Waals surface area contributed by atoms with Gasteiger partial charge < -0.3 is 9.84 Å². The number of sulfonamides is 1. The van der Waals surface area contributed by atoms with E-state index < -0.39 is 16.1 Å². The van der Waals surface area contributed by atoms with Crippen LogP contribution in [0.25, 0.3) is 0 Å². The highest BCUT2D eigenvalue weighted by Crippen LogP contribution is 2.30. The first kappa shape index (κ1) is 17.4. The first-order valence-electron chi connectivity index (χ1n) is 8.66. The fourth-order valence-electron chi connectivity index (χ4n) is 3.79. The molecule has 1 aliphatic heterocycles. The number of rotatable bonds is 4. The largest absolute Gasteiger partial charge is 0.360 e. The average molecular weight is 355 g/mol. The normalized spacial score (nSPS) is 23.5. The van der Waals surface area contributed by atoms with Gasteiger partial charge in [0.2, 0.25) is 15.9 Å². The maximum Gasteiger partial charge on any atom is 0.249 e. The van der Waals surface area contributed by atoms with Crippen LogP contribution < -0.4 is 5.32 Å². The number of hydrogen-bond donors (Lipinski definition) is 1. The van der Waals surface area contributed by atoms with Crippen LogP contribution in [0.5, 0.6) is 0 Å². The molecule has 1 saturated carbocycles.